The summed E-state index contributed by atoms with van der Waals surface area (Å²) in [5.74, 6) is 0.293. The van der Waals surface area contributed by atoms with E-state index in [1.165, 1.54) is 0 Å². The predicted octanol–water partition coefficient (Wildman–Crippen LogP) is 4.12. The minimum Gasteiger partial charge on any atom is -0.377 e. The van der Waals surface area contributed by atoms with Crippen LogP contribution in [-0.2, 0) is 0 Å². The molecule has 1 N–H and O–H groups in total. The Morgan fingerprint density at radius 3 is 2.70 bits per heavy atom. The molecule has 3 atom stereocenters. The zero-order valence-corrected chi connectivity index (χ0v) is 15.3. The zero-order valence-electron chi connectivity index (χ0n) is 15.3. The van der Waals surface area contributed by atoms with Crippen LogP contribution in [0.25, 0.3) is 0 Å². The van der Waals surface area contributed by atoms with Crippen molar-refractivity contribution in [3.63, 3.8) is 0 Å². The van der Waals surface area contributed by atoms with Crippen LogP contribution in [0, 0.1) is 16.0 Å². The summed E-state index contributed by atoms with van der Waals surface area (Å²) < 4.78 is 0. The lowest BCUT2D eigenvalue weighted by Crippen LogP contribution is -2.30. The van der Waals surface area contributed by atoms with E-state index in [-0.39, 0.29) is 34.4 Å². The lowest BCUT2D eigenvalue weighted by atomic mass is 9.76. The first kappa shape index (κ1) is 17.3. The first-order chi connectivity index (χ1) is 13.0. The van der Waals surface area contributed by atoms with Crippen LogP contribution in [0.4, 0.5) is 11.4 Å². The Hall–Kier alpha value is -3.15. The van der Waals surface area contributed by atoms with E-state index in [1.54, 1.807) is 31.1 Å². The maximum Gasteiger partial charge on any atom is 0.274 e. The molecule has 2 aromatic rings. The molecule has 1 amide bonds. The van der Waals surface area contributed by atoms with Crippen LogP contribution in [0.3, 0.4) is 0 Å². The number of para-hydroxylation sites is 1. The first-order valence-corrected chi connectivity index (χ1v) is 8.99. The fraction of sp³-hybridized carbons (Fsp3) is 0.286. The molecule has 0 radical (unpaired) electrons. The van der Waals surface area contributed by atoms with Gasteiger partial charge in [-0.3, -0.25) is 14.9 Å². The van der Waals surface area contributed by atoms with Crippen molar-refractivity contribution in [2.75, 3.05) is 19.4 Å². The van der Waals surface area contributed by atoms with Gasteiger partial charge in [0.25, 0.3) is 11.6 Å². The molecule has 0 saturated carbocycles. The molecule has 6 nitrogen and oxygen atoms in total. The lowest BCUT2D eigenvalue weighted by molar-refractivity contribution is -0.385. The lowest BCUT2D eigenvalue weighted by Gasteiger charge is -2.37. The molecule has 0 aromatic heterocycles. The summed E-state index contributed by atoms with van der Waals surface area (Å²) in [6, 6.07) is 12.5. The second kappa shape index (κ2) is 6.54. The summed E-state index contributed by atoms with van der Waals surface area (Å²) in [5, 5.41) is 15.0. The minimum atomic E-state index is -0.317. The number of carbonyl (C=O) groups excluding carboxylic acids is 1. The summed E-state index contributed by atoms with van der Waals surface area (Å²) in [6.45, 7) is 0. The van der Waals surface area contributed by atoms with Gasteiger partial charge in [0.15, 0.2) is 0 Å². The van der Waals surface area contributed by atoms with E-state index in [0.717, 1.165) is 17.7 Å². The van der Waals surface area contributed by atoms with Gasteiger partial charge in [-0.05, 0) is 36.1 Å². The molecule has 0 fully saturated rings. The Balaban J connectivity index is 1.78. The Morgan fingerprint density at radius 2 is 1.96 bits per heavy atom. The Bertz CT molecular complexity index is 951. The maximum absolute atomic E-state index is 12.3. The number of allylic oxidation sites excluding steroid dienone is 2. The largest absolute Gasteiger partial charge is 0.377 e. The van der Waals surface area contributed by atoms with Gasteiger partial charge in [-0.25, -0.2) is 0 Å². The first-order valence-electron chi connectivity index (χ1n) is 8.99. The molecule has 27 heavy (non-hydrogen) atoms. The van der Waals surface area contributed by atoms with Crippen LogP contribution >= 0.6 is 0 Å². The Kier molecular flexibility index (Phi) is 4.18. The fourth-order valence-corrected chi connectivity index (χ4v) is 4.21. The molecule has 0 bridgehead atoms. The zero-order chi connectivity index (χ0) is 19.1. The van der Waals surface area contributed by atoms with Crippen LogP contribution in [-0.4, -0.2) is 29.8 Å². The van der Waals surface area contributed by atoms with Gasteiger partial charge in [0.05, 0.1) is 16.5 Å². The van der Waals surface area contributed by atoms with Crippen LogP contribution in [0.5, 0.6) is 0 Å². The topological polar surface area (TPSA) is 75.5 Å². The number of hydrogen-bond acceptors (Lipinski definition) is 4. The number of fused-ring (bicyclic) bond motifs is 3. The molecular weight excluding hydrogens is 342 g/mol. The van der Waals surface area contributed by atoms with Gasteiger partial charge in [-0.1, -0.05) is 30.4 Å². The average Bonchev–Trinajstić information content (AvgIpc) is 3.16. The second-order valence-electron chi connectivity index (χ2n) is 7.29. The van der Waals surface area contributed by atoms with Crippen LogP contribution < -0.4 is 5.32 Å². The van der Waals surface area contributed by atoms with Crippen molar-refractivity contribution in [1.29, 1.82) is 0 Å². The smallest absolute Gasteiger partial charge is 0.274 e. The van der Waals surface area contributed by atoms with Gasteiger partial charge < -0.3 is 10.2 Å². The second-order valence-corrected chi connectivity index (χ2v) is 7.29. The van der Waals surface area contributed by atoms with Crippen LogP contribution in [0.15, 0.2) is 54.6 Å². The Morgan fingerprint density at radius 1 is 1.19 bits per heavy atom. The molecule has 1 aliphatic carbocycles. The summed E-state index contributed by atoms with van der Waals surface area (Å²) in [5.41, 5.74) is 3.52. The standard InChI is InChI=1S/C21H21N3O3/c1-23(2)21(25)13-10-11-18-17(12-13)14-7-5-8-15(14)20(22-18)16-6-3-4-9-19(16)24(26)27/h3-7,9-12,14-15,20,22H,8H2,1-2H3. The van der Waals surface area contributed by atoms with E-state index in [2.05, 4.69) is 17.5 Å². The van der Waals surface area contributed by atoms with Crippen molar-refractivity contribution in [3.8, 4) is 0 Å². The number of nitro benzene ring substituents is 1. The third kappa shape index (κ3) is 2.87. The highest BCUT2D eigenvalue weighted by Gasteiger charge is 2.40. The van der Waals surface area contributed by atoms with Gasteiger partial charge in [-0.2, -0.15) is 0 Å². The van der Waals surface area contributed by atoms with Crippen molar-refractivity contribution >= 4 is 17.3 Å². The molecule has 0 saturated heterocycles. The third-order valence-corrected chi connectivity index (χ3v) is 5.48. The van der Waals surface area contributed by atoms with Gasteiger partial charge in [0, 0.05) is 37.3 Å². The number of nitrogens with one attached hydrogen (secondary N) is 1. The van der Waals surface area contributed by atoms with E-state index < -0.39 is 0 Å². The predicted molar refractivity (Wildman–Crippen MR) is 104 cm³/mol. The van der Waals surface area contributed by atoms with Gasteiger partial charge in [0.1, 0.15) is 0 Å². The molecule has 1 heterocycles. The molecule has 138 valence electrons. The molecule has 1 aliphatic heterocycles. The van der Waals surface area contributed by atoms with Gasteiger partial charge in [-0.15, -0.1) is 0 Å². The van der Waals surface area contributed by atoms with Crippen molar-refractivity contribution in [2.45, 2.75) is 18.4 Å². The van der Waals surface area contributed by atoms with E-state index in [9.17, 15) is 14.9 Å². The highest BCUT2D eigenvalue weighted by Crippen LogP contribution is 2.51. The van der Waals surface area contributed by atoms with Crippen molar-refractivity contribution < 1.29 is 9.72 Å². The third-order valence-electron chi connectivity index (χ3n) is 5.48. The van der Waals surface area contributed by atoms with Crippen molar-refractivity contribution in [3.05, 3.63) is 81.4 Å². The molecule has 2 aromatic carbocycles. The molecule has 0 spiro atoms. The maximum atomic E-state index is 12.3. The molecular formula is C21H21N3O3. The summed E-state index contributed by atoms with van der Waals surface area (Å²) >= 11 is 0. The molecule has 6 heteroatoms. The molecule has 4 rings (SSSR count). The van der Waals surface area contributed by atoms with Crippen molar-refractivity contribution in [1.82, 2.24) is 4.90 Å². The van der Waals surface area contributed by atoms with Crippen LogP contribution in [0.2, 0.25) is 0 Å². The average molecular weight is 363 g/mol. The number of anilines is 1. The summed E-state index contributed by atoms with van der Waals surface area (Å²) in [6.07, 6.45) is 5.14. The quantitative estimate of drug-likeness (QED) is 0.506. The minimum absolute atomic E-state index is 0.0304. The van der Waals surface area contributed by atoms with Gasteiger partial charge in [0.2, 0.25) is 0 Å². The van der Waals surface area contributed by atoms with E-state index >= 15 is 0 Å². The number of nitrogens with zero attached hydrogens (tertiary/aromatic N) is 2. The summed E-state index contributed by atoms with van der Waals surface area (Å²) in [4.78, 5) is 25.1. The van der Waals surface area contributed by atoms with Gasteiger partial charge >= 0.3 is 0 Å². The number of benzene rings is 2. The monoisotopic (exact) mass is 363 g/mol. The van der Waals surface area contributed by atoms with E-state index in [4.69, 9.17) is 0 Å². The van der Waals surface area contributed by atoms with Crippen molar-refractivity contribution in [2.24, 2.45) is 5.92 Å². The number of nitro groups is 1. The number of rotatable bonds is 3. The summed E-state index contributed by atoms with van der Waals surface area (Å²) in [7, 11) is 3.48. The highest BCUT2D eigenvalue weighted by molar-refractivity contribution is 5.94. The number of hydrogen-bond donors (Lipinski definition) is 1. The number of amides is 1. The molecule has 3 unspecified atom stereocenters. The van der Waals surface area contributed by atoms with Crippen LogP contribution in [0.1, 0.15) is 39.9 Å². The normalized spacial score (nSPS) is 22.5. The van der Waals surface area contributed by atoms with E-state index in [0.29, 0.717) is 11.1 Å². The fourth-order valence-electron chi connectivity index (χ4n) is 4.21. The number of carbonyl (C=O) groups is 1. The SMILES string of the molecule is CN(C)C(=O)c1ccc2c(c1)C1C=CCC1C(c1ccccc1[N+](=O)[O-])N2. The van der Waals surface area contributed by atoms with E-state index in [1.807, 2.05) is 30.3 Å². The molecule has 2 aliphatic rings. The highest BCUT2D eigenvalue weighted by atomic mass is 16.6. The Labute approximate surface area is 157 Å².